The van der Waals surface area contributed by atoms with Crippen LogP contribution in [0.25, 0.3) is 5.69 Å². The molecule has 0 saturated carbocycles. The molecular formula is C13H16FN3O. The largest absolute Gasteiger partial charge is 0.494 e. The van der Waals surface area contributed by atoms with Gasteiger partial charge in [-0.1, -0.05) is 0 Å². The third-order valence-corrected chi connectivity index (χ3v) is 2.47. The van der Waals surface area contributed by atoms with Gasteiger partial charge in [-0.15, -0.1) is 0 Å². The second-order valence-electron chi connectivity index (χ2n) is 4.24. The summed E-state index contributed by atoms with van der Waals surface area (Å²) in [4.78, 5) is 4.20. The molecule has 1 N–H and O–H groups in total. The molecule has 1 aromatic heterocycles. The molecule has 0 bridgehead atoms. The zero-order valence-corrected chi connectivity index (χ0v) is 10.6. The Kier molecular flexibility index (Phi) is 3.50. The number of imidazole rings is 1. The van der Waals surface area contributed by atoms with Crippen molar-refractivity contribution in [3.8, 4) is 11.4 Å². The first-order chi connectivity index (χ1) is 8.61. The molecular weight excluding hydrogens is 233 g/mol. The first-order valence-corrected chi connectivity index (χ1v) is 5.75. The molecule has 0 radical (unpaired) electrons. The van der Waals surface area contributed by atoms with Crippen molar-refractivity contribution in [1.82, 2.24) is 9.55 Å². The predicted molar refractivity (Wildman–Crippen MR) is 68.8 cm³/mol. The van der Waals surface area contributed by atoms with Gasteiger partial charge in [0.05, 0.1) is 12.8 Å². The van der Waals surface area contributed by atoms with Gasteiger partial charge in [0.1, 0.15) is 0 Å². The first-order valence-electron chi connectivity index (χ1n) is 5.75. The topological polar surface area (TPSA) is 39.1 Å². The fourth-order valence-electron chi connectivity index (χ4n) is 1.68. The Hall–Kier alpha value is -2.04. The molecule has 2 aromatic rings. The Morgan fingerprint density at radius 2 is 2.17 bits per heavy atom. The van der Waals surface area contributed by atoms with Crippen LogP contribution in [0.2, 0.25) is 0 Å². The van der Waals surface area contributed by atoms with Crippen molar-refractivity contribution in [2.75, 3.05) is 12.4 Å². The van der Waals surface area contributed by atoms with Crippen LogP contribution in [0.15, 0.2) is 30.6 Å². The molecule has 96 valence electrons. The van der Waals surface area contributed by atoms with Crippen molar-refractivity contribution in [3.63, 3.8) is 0 Å². The van der Waals surface area contributed by atoms with E-state index in [-0.39, 0.29) is 17.6 Å². The number of anilines is 1. The summed E-state index contributed by atoms with van der Waals surface area (Å²) in [6, 6.07) is 5.07. The monoisotopic (exact) mass is 249 g/mol. The van der Waals surface area contributed by atoms with Crippen molar-refractivity contribution < 1.29 is 9.13 Å². The van der Waals surface area contributed by atoms with Crippen LogP contribution in [-0.4, -0.2) is 22.7 Å². The summed E-state index contributed by atoms with van der Waals surface area (Å²) in [6.45, 7) is 4.04. The molecule has 2 rings (SSSR count). The Balaban J connectivity index is 2.37. The third-order valence-electron chi connectivity index (χ3n) is 2.47. The zero-order chi connectivity index (χ0) is 13.1. The smallest absolute Gasteiger partial charge is 0.207 e. The maximum absolute atomic E-state index is 13.7. The number of nitrogens with zero attached hydrogens (tertiary/aromatic N) is 2. The minimum Gasteiger partial charge on any atom is -0.494 e. The highest BCUT2D eigenvalue weighted by molar-refractivity contribution is 5.45. The summed E-state index contributed by atoms with van der Waals surface area (Å²) in [6.07, 6.45) is 3.46. The molecule has 4 nitrogen and oxygen atoms in total. The average Bonchev–Trinajstić information content (AvgIpc) is 2.76. The van der Waals surface area contributed by atoms with Crippen LogP contribution in [0.5, 0.6) is 5.75 Å². The fourth-order valence-corrected chi connectivity index (χ4v) is 1.68. The molecule has 1 heterocycles. The summed E-state index contributed by atoms with van der Waals surface area (Å²) >= 11 is 0. The Morgan fingerprint density at radius 1 is 1.39 bits per heavy atom. The Morgan fingerprint density at radius 3 is 2.78 bits per heavy atom. The van der Waals surface area contributed by atoms with Gasteiger partial charge in [-0.2, -0.15) is 0 Å². The van der Waals surface area contributed by atoms with Gasteiger partial charge in [0, 0.05) is 24.5 Å². The molecule has 18 heavy (non-hydrogen) atoms. The molecule has 0 saturated heterocycles. The van der Waals surface area contributed by atoms with Crippen LogP contribution in [0.1, 0.15) is 13.8 Å². The van der Waals surface area contributed by atoms with Gasteiger partial charge in [0.2, 0.25) is 5.95 Å². The molecule has 0 aliphatic carbocycles. The maximum Gasteiger partial charge on any atom is 0.207 e. The lowest BCUT2D eigenvalue weighted by atomic mass is 10.3. The summed E-state index contributed by atoms with van der Waals surface area (Å²) < 4.78 is 20.3. The minimum atomic E-state index is -0.390. The van der Waals surface area contributed by atoms with Gasteiger partial charge < -0.3 is 10.1 Å². The standard InChI is InChI=1S/C13H16FN3O/c1-9(2)16-13-15-6-7-17(13)10-4-5-12(18-3)11(14)8-10/h4-9H,1-3H3,(H,15,16). The molecule has 0 atom stereocenters. The third kappa shape index (κ3) is 2.45. The number of methoxy groups -OCH3 is 1. The van der Waals surface area contributed by atoms with Crippen LogP contribution in [0.3, 0.4) is 0 Å². The Bertz CT molecular complexity index is 537. The van der Waals surface area contributed by atoms with E-state index in [0.717, 1.165) is 0 Å². The normalized spacial score (nSPS) is 10.7. The molecule has 0 amide bonds. The first kappa shape index (κ1) is 12.4. The number of rotatable bonds is 4. The summed E-state index contributed by atoms with van der Waals surface area (Å²) in [7, 11) is 1.45. The molecule has 0 fully saturated rings. The number of ether oxygens (including phenoxy) is 1. The van der Waals surface area contributed by atoms with Crippen molar-refractivity contribution >= 4 is 5.95 Å². The maximum atomic E-state index is 13.7. The van der Waals surface area contributed by atoms with E-state index in [1.165, 1.54) is 13.2 Å². The van der Waals surface area contributed by atoms with Gasteiger partial charge in [-0.3, -0.25) is 4.57 Å². The van der Waals surface area contributed by atoms with Crippen molar-refractivity contribution in [2.24, 2.45) is 0 Å². The highest BCUT2D eigenvalue weighted by atomic mass is 19.1. The summed E-state index contributed by atoms with van der Waals surface area (Å²) in [5.41, 5.74) is 0.703. The number of aromatic nitrogens is 2. The van der Waals surface area contributed by atoms with Gasteiger partial charge in [0.25, 0.3) is 0 Å². The molecule has 1 aromatic carbocycles. The highest BCUT2D eigenvalue weighted by Crippen LogP contribution is 2.22. The number of halogens is 1. The Labute approximate surface area is 105 Å². The summed E-state index contributed by atoms with van der Waals surface area (Å²) in [5, 5.41) is 3.20. The van der Waals surface area contributed by atoms with E-state index in [1.807, 2.05) is 13.8 Å². The van der Waals surface area contributed by atoms with Gasteiger partial charge >= 0.3 is 0 Å². The predicted octanol–water partition coefficient (Wildman–Crippen LogP) is 2.84. The zero-order valence-electron chi connectivity index (χ0n) is 10.6. The minimum absolute atomic E-state index is 0.234. The van der Waals surface area contributed by atoms with Crippen LogP contribution in [-0.2, 0) is 0 Å². The van der Waals surface area contributed by atoms with Crippen LogP contribution in [0, 0.1) is 5.82 Å². The van der Waals surface area contributed by atoms with E-state index in [9.17, 15) is 4.39 Å². The van der Waals surface area contributed by atoms with E-state index < -0.39 is 0 Å². The van der Waals surface area contributed by atoms with E-state index in [1.54, 1.807) is 29.1 Å². The van der Waals surface area contributed by atoms with Crippen molar-refractivity contribution in [1.29, 1.82) is 0 Å². The van der Waals surface area contributed by atoms with Crippen molar-refractivity contribution in [2.45, 2.75) is 19.9 Å². The number of nitrogens with one attached hydrogen (secondary N) is 1. The summed E-state index contributed by atoms with van der Waals surface area (Å²) in [5.74, 6) is 0.533. The molecule has 0 aliphatic rings. The quantitative estimate of drug-likeness (QED) is 0.905. The lowest BCUT2D eigenvalue weighted by Gasteiger charge is -2.12. The lowest BCUT2D eigenvalue weighted by Crippen LogP contribution is -2.14. The number of hydrogen-bond donors (Lipinski definition) is 1. The number of benzene rings is 1. The van der Waals surface area contributed by atoms with E-state index in [4.69, 9.17) is 4.74 Å². The molecule has 5 heteroatoms. The van der Waals surface area contributed by atoms with E-state index in [0.29, 0.717) is 11.6 Å². The van der Waals surface area contributed by atoms with Gasteiger partial charge in [0.15, 0.2) is 11.6 Å². The fraction of sp³-hybridized carbons (Fsp3) is 0.308. The second kappa shape index (κ2) is 5.08. The van der Waals surface area contributed by atoms with Crippen LogP contribution >= 0.6 is 0 Å². The van der Waals surface area contributed by atoms with E-state index in [2.05, 4.69) is 10.3 Å². The SMILES string of the molecule is COc1ccc(-n2ccnc2NC(C)C)cc1F. The molecule has 0 spiro atoms. The van der Waals surface area contributed by atoms with E-state index >= 15 is 0 Å². The lowest BCUT2D eigenvalue weighted by molar-refractivity contribution is 0.386. The van der Waals surface area contributed by atoms with Crippen molar-refractivity contribution in [3.05, 3.63) is 36.4 Å². The molecule has 0 aliphatic heterocycles. The highest BCUT2D eigenvalue weighted by Gasteiger charge is 2.09. The van der Waals surface area contributed by atoms with Gasteiger partial charge in [-0.25, -0.2) is 9.37 Å². The second-order valence-corrected chi connectivity index (χ2v) is 4.24. The average molecular weight is 249 g/mol. The van der Waals surface area contributed by atoms with Gasteiger partial charge in [-0.05, 0) is 26.0 Å². The van der Waals surface area contributed by atoms with Crippen LogP contribution in [0.4, 0.5) is 10.3 Å². The number of hydrogen-bond acceptors (Lipinski definition) is 3. The molecule has 0 unspecified atom stereocenters. The van der Waals surface area contributed by atoms with Crippen LogP contribution < -0.4 is 10.1 Å².